The minimum absolute atomic E-state index is 0.0412. The highest BCUT2D eigenvalue weighted by Crippen LogP contribution is 2.37. The van der Waals surface area contributed by atoms with Crippen molar-refractivity contribution >= 4 is 29.1 Å². The van der Waals surface area contributed by atoms with Crippen molar-refractivity contribution < 1.29 is 18.0 Å². The Balaban J connectivity index is 1.81. The highest BCUT2D eigenvalue weighted by molar-refractivity contribution is 6.31. The van der Waals surface area contributed by atoms with Crippen LogP contribution in [0.15, 0.2) is 42.5 Å². The maximum Gasteiger partial charge on any atom is 0.417 e. The predicted octanol–water partition coefficient (Wildman–Crippen LogP) is 6.62. The summed E-state index contributed by atoms with van der Waals surface area (Å²) in [5, 5.41) is 4.72. The number of amides is 1. The molecule has 4 rings (SSSR count). The highest BCUT2D eigenvalue weighted by Gasteiger charge is 2.35. The number of hydrogen-bond acceptors (Lipinski definition) is 3. The zero-order chi connectivity index (χ0) is 24.6. The van der Waals surface area contributed by atoms with E-state index in [0.717, 1.165) is 18.9 Å². The Bertz CT molecular complexity index is 1190. The smallest absolute Gasteiger partial charge is 0.342 e. The molecule has 1 aliphatic heterocycles. The molecule has 0 spiro atoms. The molecule has 0 N–H and O–H groups in total. The largest absolute Gasteiger partial charge is 0.417 e. The van der Waals surface area contributed by atoms with Gasteiger partial charge in [0.05, 0.1) is 16.3 Å². The van der Waals surface area contributed by atoms with E-state index in [0.29, 0.717) is 35.3 Å². The van der Waals surface area contributed by atoms with Gasteiger partial charge < -0.3 is 4.90 Å². The van der Waals surface area contributed by atoms with E-state index in [2.05, 4.69) is 5.10 Å². The molecule has 0 bridgehead atoms. The molecule has 10 heteroatoms. The zero-order valence-corrected chi connectivity index (χ0v) is 20.1. The van der Waals surface area contributed by atoms with Gasteiger partial charge >= 0.3 is 6.18 Å². The molecule has 1 aliphatic rings. The normalized spacial score (nSPS) is 16.8. The number of rotatable bonds is 4. The summed E-state index contributed by atoms with van der Waals surface area (Å²) in [6.07, 6.45) is -3.11. The Morgan fingerprint density at radius 1 is 1.12 bits per heavy atom. The third-order valence-electron chi connectivity index (χ3n) is 5.83. The second kappa shape index (κ2) is 9.58. The van der Waals surface area contributed by atoms with Gasteiger partial charge in [-0.2, -0.15) is 13.2 Å². The van der Waals surface area contributed by atoms with Crippen LogP contribution in [0.4, 0.5) is 13.2 Å². The van der Waals surface area contributed by atoms with Crippen LogP contribution in [0.1, 0.15) is 44.0 Å². The van der Waals surface area contributed by atoms with Gasteiger partial charge in [0.15, 0.2) is 5.82 Å². The number of carbonyl (C=O) groups excluding carboxylic acids is 1. The lowest BCUT2D eigenvalue weighted by Gasteiger charge is -2.33. The summed E-state index contributed by atoms with van der Waals surface area (Å²) in [7, 11) is 0. The quantitative estimate of drug-likeness (QED) is 0.396. The molecule has 1 amide bonds. The summed E-state index contributed by atoms with van der Waals surface area (Å²) in [5.41, 5.74) is -0.0616. The molecule has 1 unspecified atom stereocenters. The fourth-order valence-corrected chi connectivity index (χ4v) is 4.47. The van der Waals surface area contributed by atoms with Crippen LogP contribution in [0.2, 0.25) is 10.0 Å². The van der Waals surface area contributed by atoms with Gasteiger partial charge in [-0.15, -0.1) is 5.10 Å². The molecule has 34 heavy (non-hydrogen) atoms. The van der Waals surface area contributed by atoms with E-state index in [9.17, 15) is 18.0 Å². The molecular weight excluding hydrogens is 488 g/mol. The highest BCUT2D eigenvalue weighted by atomic mass is 35.5. The molecule has 1 fully saturated rings. The van der Waals surface area contributed by atoms with E-state index < -0.39 is 11.7 Å². The van der Waals surface area contributed by atoms with Gasteiger partial charge in [0.25, 0.3) is 0 Å². The fraction of sp³-hybridized carbons (Fsp3) is 0.375. The second-order valence-electron chi connectivity index (χ2n) is 8.65. The first-order valence-electron chi connectivity index (χ1n) is 10.9. The van der Waals surface area contributed by atoms with E-state index >= 15 is 0 Å². The number of piperidine rings is 1. The Hall–Kier alpha value is -2.58. The lowest BCUT2D eigenvalue weighted by atomic mass is 9.96. The molecule has 1 atom stereocenters. The first kappa shape index (κ1) is 24.5. The van der Waals surface area contributed by atoms with Gasteiger partial charge in [-0.1, -0.05) is 37.0 Å². The van der Waals surface area contributed by atoms with E-state index in [-0.39, 0.29) is 28.5 Å². The number of hydrogen-bond donors (Lipinski definition) is 0. The van der Waals surface area contributed by atoms with Gasteiger partial charge in [-0.3, -0.25) is 4.79 Å². The van der Waals surface area contributed by atoms with Crippen LogP contribution in [0.3, 0.4) is 0 Å². The van der Waals surface area contributed by atoms with Crippen LogP contribution < -0.4 is 0 Å². The van der Waals surface area contributed by atoms with Gasteiger partial charge in [-0.05, 0) is 55.3 Å². The number of carbonyl (C=O) groups is 1. The van der Waals surface area contributed by atoms with Crippen molar-refractivity contribution in [2.24, 2.45) is 5.92 Å². The van der Waals surface area contributed by atoms with Crippen LogP contribution in [0, 0.1) is 5.92 Å². The van der Waals surface area contributed by atoms with Crippen molar-refractivity contribution in [2.45, 2.75) is 38.8 Å². The number of halogens is 5. The minimum atomic E-state index is -4.61. The molecule has 3 aromatic rings. The maximum atomic E-state index is 13.5. The minimum Gasteiger partial charge on any atom is -0.342 e. The van der Waals surface area contributed by atoms with E-state index in [4.69, 9.17) is 28.2 Å². The van der Waals surface area contributed by atoms with Crippen LogP contribution >= 0.6 is 23.2 Å². The molecule has 5 nitrogen and oxygen atoms in total. The van der Waals surface area contributed by atoms with Gasteiger partial charge in [-0.25, -0.2) is 9.67 Å². The number of likely N-dealkylation sites (tertiary alicyclic amines) is 1. The number of aromatic nitrogens is 3. The fourth-order valence-electron chi connectivity index (χ4n) is 4.12. The predicted molar refractivity (Wildman–Crippen MR) is 125 cm³/mol. The van der Waals surface area contributed by atoms with Gasteiger partial charge in [0, 0.05) is 35.5 Å². The molecular formula is C24H23Cl2F3N4O. The number of benzene rings is 2. The Morgan fingerprint density at radius 2 is 1.82 bits per heavy atom. The topological polar surface area (TPSA) is 51.0 Å². The lowest BCUT2D eigenvalue weighted by molar-refractivity contribution is -0.137. The lowest BCUT2D eigenvalue weighted by Crippen LogP contribution is -2.41. The van der Waals surface area contributed by atoms with Gasteiger partial charge in [0.2, 0.25) is 5.91 Å². The van der Waals surface area contributed by atoms with Crippen LogP contribution in [-0.4, -0.2) is 38.7 Å². The summed E-state index contributed by atoms with van der Waals surface area (Å²) in [6, 6.07) is 10.6. The standard InChI is InChI=1S/C24H23Cl2F3N4O/c1-14(2)23(34)32-11-3-4-16(13-32)22-30-21(15-5-7-17(25)8-6-15)31-33(22)18-9-10-20(26)19(12-18)24(27,28)29/h5-10,12,14,16H,3-4,11,13H2,1-2H3. The number of alkyl halides is 3. The summed E-state index contributed by atoms with van der Waals surface area (Å²) in [5.74, 6) is 0.575. The summed E-state index contributed by atoms with van der Waals surface area (Å²) in [6.45, 7) is 4.76. The first-order chi connectivity index (χ1) is 16.0. The molecule has 0 saturated carbocycles. The maximum absolute atomic E-state index is 13.5. The summed E-state index contributed by atoms with van der Waals surface area (Å²) >= 11 is 11.8. The Kier molecular flexibility index (Phi) is 6.92. The zero-order valence-electron chi connectivity index (χ0n) is 18.6. The molecule has 0 radical (unpaired) electrons. The van der Waals surface area contributed by atoms with Crippen molar-refractivity contribution in [1.82, 2.24) is 19.7 Å². The molecule has 0 aliphatic carbocycles. The summed E-state index contributed by atoms with van der Waals surface area (Å²) < 4.78 is 42.0. The SMILES string of the molecule is CC(C)C(=O)N1CCCC(c2nc(-c3ccc(Cl)cc3)nn2-c2ccc(Cl)c(C(F)(F)F)c2)C1. The third kappa shape index (κ3) is 5.08. The van der Waals surface area contributed by atoms with Crippen molar-refractivity contribution in [3.63, 3.8) is 0 Å². The van der Waals surface area contributed by atoms with Crippen LogP contribution in [0.5, 0.6) is 0 Å². The van der Waals surface area contributed by atoms with E-state index in [1.807, 2.05) is 13.8 Å². The van der Waals surface area contributed by atoms with E-state index in [1.165, 1.54) is 16.8 Å². The van der Waals surface area contributed by atoms with Crippen molar-refractivity contribution in [3.8, 4) is 17.1 Å². The molecule has 2 aromatic carbocycles. The molecule has 180 valence electrons. The number of nitrogens with zero attached hydrogens (tertiary/aromatic N) is 4. The average Bonchev–Trinajstić information content (AvgIpc) is 3.24. The Labute approximate surface area is 205 Å². The van der Waals surface area contributed by atoms with Crippen LogP contribution in [0.25, 0.3) is 17.1 Å². The third-order valence-corrected chi connectivity index (χ3v) is 6.41. The average molecular weight is 511 g/mol. The summed E-state index contributed by atoms with van der Waals surface area (Å²) in [4.78, 5) is 19.1. The van der Waals surface area contributed by atoms with E-state index in [1.54, 1.807) is 29.2 Å². The van der Waals surface area contributed by atoms with Crippen molar-refractivity contribution in [2.75, 3.05) is 13.1 Å². The monoisotopic (exact) mass is 510 g/mol. The molecule has 2 heterocycles. The van der Waals surface area contributed by atoms with Gasteiger partial charge in [0.1, 0.15) is 5.82 Å². The van der Waals surface area contributed by atoms with Crippen LogP contribution in [-0.2, 0) is 11.0 Å². The van der Waals surface area contributed by atoms with Crippen molar-refractivity contribution in [1.29, 1.82) is 0 Å². The Morgan fingerprint density at radius 3 is 2.47 bits per heavy atom. The first-order valence-corrected chi connectivity index (χ1v) is 11.7. The van der Waals surface area contributed by atoms with Crippen molar-refractivity contribution in [3.05, 3.63) is 63.9 Å². The molecule has 1 aromatic heterocycles. The second-order valence-corrected chi connectivity index (χ2v) is 9.50. The molecule has 1 saturated heterocycles.